The van der Waals surface area contributed by atoms with Gasteiger partial charge >= 0.3 is 0 Å². The van der Waals surface area contributed by atoms with Crippen LogP contribution < -0.4 is 20.1 Å². The van der Waals surface area contributed by atoms with E-state index in [-0.39, 0.29) is 42.3 Å². The van der Waals surface area contributed by atoms with Crippen LogP contribution >= 0.6 is 24.0 Å². The minimum atomic E-state index is -2.83. The molecule has 1 fully saturated rings. The molecule has 1 saturated heterocycles. The molecule has 1 aromatic rings. The summed E-state index contributed by atoms with van der Waals surface area (Å²) in [7, 11) is -2.83. The Kier molecular flexibility index (Phi) is 9.09. The van der Waals surface area contributed by atoms with E-state index in [1.165, 1.54) is 5.56 Å². The van der Waals surface area contributed by atoms with Crippen molar-refractivity contribution < 1.29 is 17.9 Å². The summed E-state index contributed by atoms with van der Waals surface area (Å²) < 4.78 is 33.7. The van der Waals surface area contributed by atoms with Crippen molar-refractivity contribution in [1.82, 2.24) is 15.5 Å². The molecule has 0 unspecified atom stereocenters. The molecule has 2 N–H and O–H groups in total. The van der Waals surface area contributed by atoms with Crippen molar-refractivity contribution in [3.05, 3.63) is 23.8 Å². The Balaban J connectivity index is 0.00000280. The summed E-state index contributed by atoms with van der Waals surface area (Å²) in [6.07, 6.45) is 0.852. The number of rotatable bonds is 7. The second-order valence-corrected chi connectivity index (χ2v) is 8.92. The Hall–Kier alpha value is -1.27. The molecule has 2 aliphatic rings. The molecular weight excluding hydrogens is 495 g/mol. The van der Waals surface area contributed by atoms with E-state index < -0.39 is 9.84 Å². The van der Waals surface area contributed by atoms with Crippen LogP contribution in [0.2, 0.25) is 0 Å². The van der Waals surface area contributed by atoms with Gasteiger partial charge in [-0.15, -0.1) is 24.0 Å². The predicted octanol–water partition coefficient (Wildman–Crippen LogP) is 0.861. The third-order valence-corrected chi connectivity index (χ3v) is 6.22. The van der Waals surface area contributed by atoms with Crippen LogP contribution in [0.25, 0.3) is 0 Å². The molecule has 10 heteroatoms. The van der Waals surface area contributed by atoms with Crippen molar-refractivity contribution in [2.45, 2.75) is 13.3 Å². The molecule has 0 atom stereocenters. The van der Waals surface area contributed by atoms with E-state index in [2.05, 4.69) is 20.5 Å². The molecule has 0 aromatic heterocycles. The van der Waals surface area contributed by atoms with Gasteiger partial charge in [0.15, 0.2) is 27.3 Å². The van der Waals surface area contributed by atoms with E-state index >= 15 is 0 Å². The molecule has 1 aromatic carbocycles. The quantitative estimate of drug-likeness (QED) is 0.311. The maximum atomic E-state index is 11.5. The fourth-order valence-electron chi connectivity index (χ4n) is 3.04. The van der Waals surface area contributed by atoms with Crippen molar-refractivity contribution in [3.8, 4) is 11.5 Å². The minimum Gasteiger partial charge on any atom is -0.454 e. The maximum Gasteiger partial charge on any atom is 0.231 e. The lowest BCUT2D eigenvalue weighted by atomic mass is 10.1. The molecule has 0 amide bonds. The van der Waals surface area contributed by atoms with Crippen molar-refractivity contribution >= 4 is 39.8 Å². The second kappa shape index (κ2) is 11.1. The first-order valence-electron chi connectivity index (χ1n) is 9.39. The molecule has 2 aliphatic heterocycles. The third kappa shape index (κ3) is 6.96. The van der Waals surface area contributed by atoms with Gasteiger partial charge in [0.1, 0.15) is 0 Å². The number of benzene rings is 1. The van der Waals surface area contributed by atoms with Crippen LogP contribution in [0, 0.1) is 0 Å². The van der Waals surface area contributed by atoms with Crippen molar-refractivity contribution in [3.63, 3.8) is 0 Å². The highest BCUT2D eigenvalue weighted by Crippen LogP contribution is 2.32. The van der Waals surface area contributed by atoms with Crippen LogP contribution in [0.15, 0.2) is 23.2 Å². The van der Waals surface area contributed by atoms with E-state index in [0.29, 0.717) is 19.6 Å². The fourth-order valence-corrected chi connectivity index (χ4v) is 4.32. The van der Waals surface area contributed by atoms with Gasteiger partial charge in [0.2, 0.25) is 6.79 Å². The Morgan fingerprint density at radius 3 is 2.68 bits per heavy atom. The van der Waals surface area contributed by atoms with E-state index in [9.17, 15) is 8.42 Å². The van der Waals surface area contributed by atoms with Gasteiger partial charge in [-0.2, -0.15) is 0 Å². The molecule has 3 rings (SSSR count). The number of nitrogens with zero attached hydrogens (tertiary/aromatic N) is 2. The van der Waals surface area contributed by atoms with Crippen LogP contribution in [-0.2, 0) is 16.3 Å². The predicted molar refractivity (Wildman–Crippen MR) is 121 cm³/mol. The molecule has 0 bridgehead atoms. The standard InChI is InChI=1S/C18H28N4O4S.HI/c1-2-19-18(21-7-8-22-9-11-27(23,24)12-10-22)20-6-5-15-3-4-16-17(13-15)26-14-25-16;/h3-4,13H,2,5-12,14H2,1H3,(H2,19,20,21);1H. The smallest absolute Gasteiger partial charge is 0.231 e. The highest BCUT2D eigenvalue weighted by Gasteiger charge is 2.20. The molecular formula is C18H29IN4O4S. The SMILES string of the molecule is CCNC(=NCCN1CCS(=O)(=O)CC1)NCCc1ccc2c(c1)OCO2.I. The summed E-state index contributed by atoms with van der Waals surface area (Å²) in [5, 5.41) is 6.58. The minimum absolute atomic E-state index is 0. The number of hydrogen-bond acceptors (Lipinski definition) is 6. The summed E-state index contributed by atoms with van der Waals surface area (Å²) in [6.45, 7) is 6.48. The monoisotopic (exact) mass is 524 g/mol. The zero-order valence-corrected chi connectivity index (χ0v) is 19.3. The molecule has 8 nitrogen and oxygen atoms in total. The van der Waals surface area contributed by atoms with Crippen molar-refractivity contribution in [2.75, 3.05) is 57.6 Å². The molecule has 158 valence electrons. The molecule has 2 heterocycles. The van der Waals surface area contributed by atoms with Gasteiger partial charge in [0, 0.05) is 32.7 Å². The van der Waals surface area contributed by atoms with Crippen LogP contribution in [0.1, 0.15) is 12.5 Å². The third-order valence-electron chi connectivity index (χ3n) is 4.61. The first kappa shape index (κ1) is 23.0. The number of ether oxygens (including phenoxy) is 2. The first-order valence-corrected chi connectivity index (χ1v) is 11.2. The number of fused-ring (bicyclic) bond motifs is 1. The van der Waals surface area contributed by atoms with Gasteiger partial charge in [0.05, 0.1) is 18.1 Å². The first-order chi connectivity index (χ1) is 13.1. The number of aliphatic imine (C=N–C) groups is 1. The molecule has 0 aliphatic carbocycles. The second-order valence-electron chi connectivity index (χ2n) is 6.62. The largest absolute Gasteiger partial charge is 0.454 e. The average molecular weight is 524 g/mol. The van der Waals surface area contributed by atoms with Crippen LogP contribution in [0.4, 0.5) is 0 Å². The summed E-state index contributed by atoms with van der Waals surface area (Å²) in [5.74, 6) is 2.89. The maximum absolute atomic E-state index is 11.5. The highest BCUT2D eigenvalue weighted by atomic mass is 127. The topological polar surface area (TPSA) is 92.3 Å². The molecule has 0 radical (unpaired) electrons. The van der Waals surface area contributed by atoms with E-state index in [1.807, 2.05) is 25.1 Å². The Morgan fingerprint density at radius 2 is 1.93 bits per heavy atom. The lowest BCUT2D eigenvalue weighted by Crippen LogP contribution is -2.42. The average Bonchev–Trinajstić information content (AvgIpc) is 3.11. The Labute approximate surface area is 184 Å². The van der Waals surface area contributed by atoms with Gasteiger partial charge < -0.3 is 20.1 Å². The zero-order valence-electron chi connectivity index (χ0n) is 16.1. The van der Waals surface area contributed by atoms with Crippen molar-refractivity contribution in [1.29, 1.82) is 0 Å². The number of halogens is 1. The highest BCUT2D eigenvalue weighted by molar-refractivity contribution is 14.0. The summed E-state index contributed by atoms with van der Waals surface area (Å²) in [6, 6.07) is 6.00. The molecule has 28 heavy (non-hydrogen) atoms. The summed E-state index contributed by atoms with van der Waals surface area (Å²) in [5.41, 5.74) is 1.18. The van der Waals surface area contributed by atoms with Gasteiger partial charge in [-0.3, -0.25) is 9.89 Å². The number of guanidine groups is 1. The van der Waals surface area contributed by atoms with Crippen molar-refractivity contribution in [2.24, 2.45) is 4.99 Å². The Morgan fingerprint density at radius 1 is 1.18 bits per heavy atom. The molecule has 0 saturated carbocycles. The fraction of sp³-hybridized carbons (Fsp3) is 0.611. The Bertz CT molecular complexity index is 759. The lowest BCUT2D eigenvalue weighted by Gasteiger charge is -2.25. The normalized spacial score (nSPS) is 18.4. The van der Waals surface area contributed by atoms with E-state index in [4.69, 9.17) is 9.47 Å². The van der Waals surface area contributed by atoms with E-state index in [1.54, 1.807) is 0 Å². The van der Waals surface area contributed by atoms with Gasteiger partial charge in [-0.05, 0) is 31.0 Å². The molecule has 0 spiro atoms. The summed E-state index contributed by atoms with van der Waals surface area (Å²) >= 11 is 0. The lowest BCUT2D eigenvalue weighted by molar-refractivity contribution is 0.174. The number of hydrogen-bond donors (Lipinski definition) is 2. The van der Waals surface area contributed by atoms with Crippen LogP contribution in [-0.4, -0.2) is 76.8 Å². The zero-order chi connectivity index (χ0) is 19.1. The summed E-state index contributed by atoms with van der Waals surface area (Å²) in [4.78, 5) is 6.75. The number of sulfone groups is 1. The van der Waals surface area contributed by atoms with E-state index in [0.717, 1.165) is 43.5 Å². The van der Waals surface area contributed by atoms with Gasteiger partial charge in [0.25, 0.3) is 0 Å². The van der Waals surface area contributed by atoms with Crippen LogP contribution in [0.5, 0.6) is 11.5 Å². The van der Waals surface area contributed by atoms with Crippen LogP contribution in [0.3, 0.4) is 0 Å². The van der Waals surface area contributed by atoms with Gasteiger partial charge in [-0.1, -0.05) is 6.07 Å². The van der Waals surface area contributed by atoms with Gasteiger partial charge in [-0.25, -0.2) is 8.42 Å². The number of nitrogens with one attached hydrogen (secondary N) is 2.